The van der Waals surface area contributed by atoms with Crippen molar-refractivity contribution in [1.82, 2.24) is 9.88 Å². The minimum absolute atomic E-state index is 0.0355. The molecule has 5 heteroatoms. The molecule has 1 aliphatic heterocycles. The molecule has 0 unspecified atom stereocenters. The van der Waals surface area contributed by atoms with E-state index in [-0.39, 0.29) is 5.91 Å². The molecule has 0 atom stereocenters. The second-order valence-electron chi connectivity index (χ2n) is 6.58. The Balaban J connectivity index is 1.48. The first-order chi connectivity index (χ1) is 13.2. The van der Waals surface area contributed by atoms with E-state index in [0.29, 0.717) is 36.0 Å². The predicted molar refractivity (Wildman–Crippen MR) is 105 cm³/mol. The molecule has 4 nitrogen and oxygen atoms in total. The molecule has 0 aliphatic carbocycles. The van der Waals surface area contributed by atoms with Gasteiger partial charge in [-0.2, -0.15) is 0 Å². The normalized spacial score (nSPS) is 13.4. The highest BCUT2D eigenvalue weighted by Gasteiger charge is 2.24. The van der Waals surface area contributed by atoms with E-state index < -0.39 is 0 Å². The number of benzene rings is 2. The molecule has 0 spiro atoms. The molecule has 0 radical (unpaired) electrons. The fraction of sp³-hybridized carbons (Fsp3) is 0.182. The molecule has 136 valence electrons. The number of hydrogen-bond acceptors (Lipinski definition) is 3. The summed E-state index contributed by atoms with van der Waals surface area (Å²) >= 11 is 6.01. The summed E-state index contributed by atoms with van der Waals surface area (Å²) in [6, 6.07) is 17.2. The van der Waals surface area contributed by atoms with Crippen LogP contribution >= 0.6 is 11.6 Å². The lowest BCUT2D eigenvalue weighted by Crippen LogP contribution is -2.37. The van der Waals surface area contributed by atoms with E-state index in [1.807, 2.05) is 59.5 Å². The molecule has 2 heterocycles. The maximum absolute atomic E-state index is 12.9. The molecule has 1 aliphatic rings. The Labute approximate surface area is 163 Å². The second-order valence-corrected chi connectivity index (χ2v) is 7.01. The molecule has 0 bridgehead atoms. The first-order valence-electron chi connectivity index (χ1n) is 8.87. The summed E-state index contributed by atoms with van der Waals surface area (Å²) in [5.41, 5.74) is 3.80. The number of aromatic nitrogens is 1. The van der Waals surface area contributed by atoms with Crippen LogP contribution in [-0.4, -0.2) is 22.3 Å². The van der Waals surface area contributed by atoms with Crippen LogP contribution in [0, 0.1) is 0 Å². The Morgan fingerprint density at radius 3 is 2.78 bits per heavy atom. The quantitative estimate of drug-likeness (QED) is 0.655. The minimum atomic E-state index is 0.0355. The molecule has 2 aromatic carbocycles. The van der Waals surface area contributed by atoms with Crippen molar-refractivity contribution < 1.29 is 9.53 Å². The molecule has 4 rings (SSSR count). The summed E-state index contributed by atoms with van der Waals surface area (Å²) in [5.74, 6) is 0.721. The number of carbonyl (C=O) groups is 1. The third-order valence-corrected chi connectivity index (χ3v) is 4.88. The molecule has 0 saturated heterocycles. The SMILES string of the molecule is O=C1c2cc(OCc3cccc(Cl)c3)ccc2CCN1Cc1cccnc1. The monoisotopic (exact) mass is 378 g/mol. The fourth-order valence-electron chi connectivity index (χ4n) is 3.25. The van der Waals surface area contributed by atoms with E-state index in [1.54, 1.807) is 12.4 Å². The van der Waals surface area contributed by atoms with Gasteiger partial charge in [0.15, 0.2) is 0 Å². The van der Waals surface area contributed by atoms with Crippen LogP contribution in [0.5, 0.6) is 5.75 Å². The third-order valence-electron chi connectivity index (χ3n) is 4.64. The van der Waals surface area contributed by atoms with E-state index >= 15 is 0 Å². The number of halogens is 1. The number of nitrogens with zero attached hydrogens (tertiary/aromatic N) is 2. The van der Waals surface area contributed by atoms with Gasteiger partial charge in [0.25, 0.3) is 5.91 Å². The smallest absolute Gasteiger partial charge is 0.254 e. The zero-order valence-electron chi connectivity index (χ0n) is 14.8. The van der Waals surface area contributed by atoms with E-state index in [0.717, 1.165) is 23.1 Å². The van der Waals surface area contributed by atoms with Crippen LogP contribution in [0.2, 0.25) is 5.02 Å². The van der Waals surface area contributed by atoms with E-state index in [9.17, 15) is 4.79 Å². The van der Waals surface area contributed by atoms with Crippen molar-refractivity contribution >= 4 is 17.5 Å². The number of rotatable bonds is 5. The van der Waals surface area contributed by atoms with Gasteiger partial charge in [-0.15, -0.1) is 0 Å². The summed E-state index contributed by atoms with van der Waals surface area (Å²) in [6.45, 7) is 1.69. The summed E-state index contributed by atoms with van der Waals surface area (Å²) in [5, 5.41) is 0.683. The summed E-state index contributed by atoms with van der Waals surface area (Å²) in [7, 11) is 0. The Bertz CT molecular complexity index is 960. The zero-order valence-corrected chi connectivity index (χ0v) is 15.5. The van der Waals surface area contributed by atoms with E-state index in [2.05, 4.69) is 4.98 Å². The molecule has 0 saturated carbocycles. The second kappa shape index (κ2) is 7.80. The lowest BCUT2D eigenvalue weighted by Gasteiger charge is -2.29. The van der Waals surface area contributed by atoms with Crippen molar-refractivity contribution in [3.05, 3.63) is 94.3 Å². The highest BCUT2D eigenvalue weighted by atomic mass is 35.5. The number of ether oxygens (including phenoxy) is 1. The molecular weight excluding hydrogens is 360 g/mol. The average molecular weight is 379 g/mol. The summed E-state index contributed by atoms with van der Waals surface area (Å²) in [6.07, 6.45) is 4.38. The van der Waals surface area contributed by atoms with Gasteiger partial charge in [-0.25, -0.2) is 0 Å². The number of pyridine rings is 1. The van der Waals surface area contributed by atoms with Crippen molar-refractivity contribution in [2.75, 3.05) is 6.54 Å². The molecule has 3 aromatic rings. The van der Waals surface area contributed by atoms with Crippen LogP contribution in [0.25, 0.3) is 0 Å². The predicted octanol–water partition coefficient (Wildman–Crippen LogP) is 4.51. The van der Waals surface area contributed by atoms with Crippen molar-refractivity contribution in [1.29, 1.82) is 0 Å². The molecule has 0 N–H and O–H groups in total. The van der Waals surface area contributed by atoms with Gasteiger partial charge >= 0.3 is 0 Å². The highest BCUT2D eigenvalue weighted by Crippen LogP contribution is 2.25. The van der Waals surface area contributed by atoms with Crippen molar-refractivity contribution in [2.24, 2.45) is 0 Å². The Hall–Kier alpha value is -2.85. The lowest BCUT2D eigenvalue weighted by atomic mass is 9.98. The number of carbonyl (C=O) groups excluding carboxylic acids is 1. The first-order valence-corrected chi connectivity index (χ1v) is 9.25. The van der Waals surface area contributed by atoms with Gasteiger partial charge in [-0.1, -0.05) is 35.9 Å². The van der Waals surface area contributed by atoms with Crippen molar-refractivity contribution in [3.8, 4) is 5.75 Å². The van der Waals surface area contributed by atoms with Gasteiger partial charge in [0.05, 0.1) is 0 Å². The van der Waals surface area contributed by atoms with Gasteiger partial charge in [0.1, 0.15) is 12.4 Å². The minimum Gasteiger partial charge on any atom is -0.489 e. The highest BCUT2D eigenvalue weighted by molar-refractivity contribution is 6.30. The number of amides is 1. The molecular formula is C22H19ClN2O2. The van der Waals surface area contributed by atoms with Gasteiger partial charge in [0.2, 0.25) is 0 Å². The van der Waals surface area contributed by atoms with Crippen molar-refractivity contribution in [2.45, 2.75) is 19.6 Å². The first kappa shape index (κ1) is 17.6. The van der Waals surface area contributed by atoms with Crippen LogP contribution in [-0.2, 0) is 19.6 Å². The Morgan fingerprint density at radius 2 is 1.96 bits per heavy atom. The van der Waals surface area contributed by atoms with E-state index in [4.69, 9.17) is 16.3 Å². The van der Waals surface area contributed by atoms with Gasteiger partial charge < -0.3 is 9.64 Å². The van der Waals surface area contributed by atoms with Gasteiger partial charge in [-0.05, 0) is 53.4 Å². The van der Waals surface area contributed by atoms with Gasteiger partial charge in [0, 0.05) is 36.1 Å². The molecule has 0 fully saturated rings. The maximum atomic E-state index is 12.9. The molecule has 27 heavy (non-hydrogen) atoms. The van der Waals surface area contributed by atoms with Crippen molar-refractivity contribution in [3.63, 3.8) is 0 Å². The largest absolute Gasteiger partial charge is 0.489 e. The van der Waals surface area contributed by atoms with E-state index in [1.165, 1.54) is 0 Å². The fourth-order valence-corrected chi connectivity index (χ4v) is 3.46. The van der Waals surface area contributed by atoms with Gasteiger partial charge in [-0.3, -0.25) is 9.78 Å². The lowest BCUT2D eigenvalue weighted by molar-refractivity contribution is 0.0726. The van der Waals surface area contributed by atoms with Crippen LogP contribution in [0.4, 0.5) is 0 Å². The molecule has 1 amide bonds. The standard InChI is InChI=1S/C22H19ClN2O2/c23-19-5-1-3-16(11-19)15-27-20-7-6-18-8-10-25(22(26)21(18)12-20)14-17-4-2-9-24-13-17/h1-7,9,11-13H,8,10,14-15H2. The van der Waals surface area contributed by atoms with Crippen LogP contribution in [0.3, 0.4) is 0 Å². The summed E-state index contributed by atoms with van der Waals surface area (Å²) < 4.78 is 5.88. The van der Waals surface area contributed by atoms with Crippen LogP contribution < -0.4 is 4.74 Å². The topological polar surface area (TPSA) is 42.4 Å². The molecule has 1 aromatic heterocycles. The average Bonchev–Trinajstić information content (AvgIpc) is 2.70. The Morgan fingerprint density at radius 1 is 1.07 bits per heavy atom. The number of fused-ring (bicyclic) bond motifs is 1. The maximum Gasteiger partial charge on any atom is 0.254 e. The summed E-state index contributed by atoms with van der Waals surface area (Å²) in [4.78, 5) is 18.9. The zero-order chi connectivity index (χ0) is 18.6. The van der Waals surface area contributed by atoms with Crippen LogP contribution in [0.15, 0.2) is 67.0 Å². The van der Waals surface area contributed by atoms with Crippen LogP contribution in [0.1, 0.15) is 27.0 Å². The number of hydrogen-bond donors (Lipinski definition) is 0. The third kappa shape index (κ3) is 4.12. The Kier molecular flexibility index (Phi) is 5.07.